The predicted octanol–water partition coefficient (Wildman–Crippen LogP) is 1.98. The molecular formula is C13H27NO3. The zero-order valence-corrected chi connectivity index (χ0v) is 11.8. The van der Waals surface area contributed by atoms with Crippen molar-refractivity contribution in [1.29, 1.82) is 0 Å². The van der Waals surface area contributed by atoms with Crippen LogP contribution in [0.25, 0.3) is 0 Å². The van der Waals surface area contributed by atoms with E-state index in [1.54, 1.807) is 0 Å². The lowest BCUT2D eigenvalue weighted by atomic mass is 10.0. The van der Waals surface area contributed by atoms with E-state index in [9.17, 15) is 4.79 Å². The van der Waals surface area contributed by atoms with E-state index in [2.05, 4.69) is 19.2 Å². The Labute approximate surface area is 105 Å². The number of rotatable bonds is 9. The molecule has 0 radical (unpaired) electrons. The van der Waals surface area contributed by atoms with Gasteiger partial charge in [0.05, 0.1) is 13.7 Å². The smallest absolute Gasteiger partial charge is 0.328 e. The van der Waals surface area contributed by atoms with Crippen molar-refractivity contribution >= 4 is 5.97 Å². The summed E-state index contributed by atoms with van der Waals surface area (Å²) in [5.74, 6) is 0.256. The number of methoxy groups -OCH3 is 1. The van der Waals surface area contributed by atoms with Crippen molar-refractivity contribution in [2.75, 3.05) is 26.9 Å². The van der Waals surface area contributed by atoms with Crippen molar-refractivity contribution in [2.45, 2.75) is 46.1 Å². The van der Waals surface area contributed by atoms with Gasteiger partial charge in [-0.3, -0.25) is 0 Å². The molecule has 102 valence electrons. The summed E-state index contributed by atoms with van der Waals surface area (Å²) in [7, 11) is 1.40. The number of carbonyl (C=O) groups excluding carboxylic acids is 1. The Kier molecular flexibility index (Phi) is 8.17. The average molecular weight is 245 g/mol. The van der Waals surface area contributed by atoms with Crippen LogP contribution in [0.5, 0.6) is 0 Å². The van der Waals surface area contributed by atoms with Crippen molar-refractivity contribution in [3.05, 3.63) is 0 Å². The number of carbonyl (C=O) groups is 1. The molecule has 0 aliphatic heterocycles. The second-order valence-electron chi connectivity index (χ2n) is 4.76. The third-order valence-corrected chi connectivity index (χ3v) is 2.78. The SMILES string of the molecule is CCCC(C)COCC(C)(NCC)C(=O)OC. The minimum Gasteiger partial charge on any atom is -0.468 e. The molecule has 2 atom stereocenters. The van der Waals surface area contributed by atoms with Gasteiger partial charge in [-0.05, 0) is 25.8 Å². The van der Waals surface area contributed by atoms with E-state index in [1.807, 2.05) is 13.8 Å². The molecule has 1 N–H and O–H groups in total. The number of hydrogen-bond donors (Lipinski definition) is 1. The molecule has 17 heavy (non-hydrogen) atoms. The van der Waals surface area contributed by atoms with Crippen LogP contribution in [0.4, 0.5) is 0 Å². The largest absolute Gasteiger partial charge is 0.468 e. The highest BCUT2D eigenvalue weighted by Gasteiger charge is 2.33. The van der Waals surface area contributed by atoms with E-state index in [0.29, 0.717) is 25.7 Å². The molecule has 0 aromatic carbocycles. The molecule has 4 nitrogen and oxygen atoms in total. The first-order valence-electron chi connectivity index (χ1n) is 6.41. The zero-order chi connectivity index (χ0) is 13.3. The fourth-order valence-corrected chi connectivity index (χ4v) is 1.84. The van der Waals surface area contributed by atoms with Crippen LogP contribution in [0, 0.1) is 5.92 Å². The van der Waals surface area contributed by atoms with Crippen molar-refractivity contribution in [2.24, 2.45) is 5.92 Å². The molecule has 0 aliphatic carbocycles. The van der Waals surface area contributed by atoms with Crippen LogP contribution in [0.3, 0.4) is 0 Å². The summed E-state index contributed by atoms with van der Waals surface area (Å²) < 4.78 is 10.4. The first-order valence-corrected chi connectivity index (χ1v) is 6.41. The van der Waals surface area contributed by atoms with Crippen molar-refractivity contribution < 1.29 is 14.3 Å². The van der Waals surface area contributed by atoms with Gasteiger partial charge in [0.25, 0.3) is 0 Å². The number of likely N-dealkylation sites (N-methyl/N-ethyl adjacent to an activating group) is 1. The second kappa shape index (κ2) is 8.48. The number of ether oxygens (including phenoxy) is 2. The summed E-state index contributed by atoms with van der Waals surface area (Å²) in [6.45, 7) is 9.83. The van der Waals surface area contributed by atoms with Gasteiger partial charge in [0.2, 0.25) is 0 Å². The fourth-order valence-electron chi connectivity index (χ4n) is 1.84. The highest BCUT2D eigenvalue weighted by atomic mass is 16.5. The van der Waals surface area contributed by atoms with Gasteiger partial charge in [-0.2, -0.15) is 0 Å². The third kappa shape index (κ3) is 6.03. The molecular weight excluding hydrogens is 218 g/mol. The summed E-state index contributed by atoms with van der Waals surface area (Å²) in [6.07, 6.45) is 2.31. The van der Waals surface area contributed by atoms with Crippen LogP contribution < -0.4 is 5.32 Å². The molecule has 2 unspecified atom stereocenters. The molecule has 0 aromatic rings. The Hall–Kier alpha value is -0.610. The maximum absolute atomic E-state index is 11.7. The Balaban J connectivity index is 4.13. The molecule has 0 aliphatic rings. The highest BCUT2D eigenvalue weighted by molar-refractivity contribution is 5.80. The molecule has 0 spiro atoms. The Morgan fingerprint density at radius 1 is 1.41 bits per heavy atom. The molecule has 0 bridgehead atoms. The summed E-state index contributed by atoms with van der Waals surface area (Å²) in [5.41, 5.74) is -0.741. The quantitative estimate of drug-likeness (QED) is 0.631. The minimum atomic E-state index is -0.741. The van der Waals surface area contributed by atoms with E-state index in [1.165, 1.54) is 7.11 Å². The average Bonchev–Trinajstić information content (AvgIpc) is 2.28. The molecule has 0 saturated heterocycles. The number of hydrogen-bond acceptors (Lipinski definition) is 4. The Bertz CT molecular complexity index is 221. The van der Waals surface area contributed by atoms with E-state index in [-0.39, 0.29) is 5.97 Å². The topological polar surface area (TPSA) is 47.6 Å². The van der Waals surface area contributed by atoms with E-state index in [4.69, 9.17) is 9.47 Å². The maximum atomic E-state index is 11.7. The van der Waals surface area contributed by atoms with Gasteiger partial charge in [-0.15, -0.1) is 0 Å². The highest BCUT2D eigenvalue weighted by Crippen LogP contribution is 2.10. The summed E-state index contributed by atoms with van der Waals surface area (Å²) in [4.78, 5) is 11.7. The van der Waals surface area contributed by atoms with Crippen LogP contribution in [0.2, 0.25) is 0 Å². The molecule has 0 rings (SSSR count). The third-order valence-electron chi connectivity index (χ3n) is 2.78. The molecule has 0 fully saturated rings. The van der Waals surface area contributed by atoms with E-state index < -0.39 is 5.54 Å². The summed E-state index contributed by atoms with van der Waals surface area (Å²) >= 11 is 0. The first kappa shape index (κ1) is 16.4. The monoisotopic (exact) mass is 245 g/mol. The second-order valence-corrected chi connectivity index (χ2v) is 4.76. The van der Waals surface area contributed by atoms with Crippen molar-refractivity contribution in [3.63, 3.8) is 0 Å². The van der Waals surface area contributed by atoms with Gasteiger partial charge in [0, 0.05) is 6.61 Å². The first-order chi connectivity index (χ1) is 8.00. The number of esters is 1. The fraction of sp³-hybridized carbons (Fsp3) is 0.923. The van der Waals surface area contributed by atoms with Gasteiger partial charge in [-0.1, -0.05) is 27.2 Å². The molecule has 0 saturated carbocycles. The molecule has 0 heterocycles. The lowest BCUT2D eigenvalue weighted by Crippen LogP contribution is -2.53. The van der Waals surface area contributed by atoms with Crippen LogP contribution in [0.1, 0.15) is 40.5 Å². The lowest BCUT2D eigenvalue weighted by Gasteiger charge is -2.27. The van der Waals surface area contributed by atoms with Crippen molar-refractivity contribution in [3.8, 4) is 0 Å². The van der Waals surface area contributed by atoms with Gasteiger partial charge >= 0.3 is 5.97 Å². The van der Waals surface area contributed by atoms with Gasteiger partial charge in [0.1, 0.15) is 5.54 Å². The summed E-state index contributed by atoms with van der Waals surface area (Å²) in [6, 6.07) is 0. The molecule has 4 heteroatoms. The molecule has 0 aromatic heterocycles. The van der Waals surface area contributed by atoms with Crippen molar-refractivity contribution in [1.82, 2.24) is 5.32 Å². The number of nitrogens with one attached hydrogen (secondary N) is 1. The Morgan fingerprint density at radius 2 is 2.06 bits per heavy atom. The standard InChI is InChI=1S/C13H27NO3/c1-6-8-11(3)9-17-10-13(4,14-7-2)12(15)16-5/h11,14H,6-10H2,1-5H3. The minimum absolute atomic E-state index is 0.275. The van der Waals surface area contributed by atoms with Gasteiger partial charge in [-0.25, -0.2) is 4.79 Å². The lowest BCUT2D eigenvalue weighted by molar-refractivity contribution is -0.150. The van der Waals surface area contributed by atoms with Crippen LogP contribution in [0.15, 0.2) is 0 Å². The zero-order valence-electron chi connectivity index (χ0n) is 11.8. The predicted molar refractivity (Wildman–Crippen MR) is 69.0 cm³/mol. The molecule has 0 amide bonds. The van der Waals surface area contributed by atoms with Gasteiger partial charge in [0.15, 0.2) is 0 Å². The van der Waals surface area contributed by atoms with E-state index >= 15 is 0 Å². The maximum Gasteiger partial charge on any atom is 0.328 e. The van der Waals surface area contributed by atoms with Crippen LogP contribution >= 0.6 is 0 Å². The van der Waals surface area contributed by atoms with Crippen LogP contribution in [-0.4, -0.2) is 38.4 Å². The van der Waals surface area contributed by atoms with E-state index in [0.717, 1.165) is 12.8 Å². The van der Waals surface area contributed by atoms with Crippen LogP contribution in [-0.2, 0) is 14.3 Å². The normalized spacial score (nSPS) is 16.3. The summed E-state index contributed by atoms with van der Waals surface area (Å²) in [5, 5.41) is 3.12. The van der Waals surface area contributed by atoms with Gasteiger partial charge < -0.3 is 14.8 Å². The Morgan fingerprint density at radius 3 is 2.53 bits per heavy atom.